The van der Waals surface area contributed by atoms with Crippen molar-refractivity contribution in [3.05, 3.63) is 0 Å². The van der Waals surface area contributed by atoms with E-state index in [2.05, 4.69) is 45.2 Å². The molecule has 2 atom stereocenters. The predicted octanol–water partition coefficient (Wildman–Crippen LogP) is 1.83. The second-order valence-corrected chi connectivity index (χ2v) is 4.29. The van der Waals surface area contributed by atoms with Crippen LogP contribution >= 0.6 is 45.2 Å². The molecule has 14 heavy (non-hydrogen) atoms. The molecule has 0 aliphatic heterocycles. The lowest BCUT2D eigenvalue weighted by Gasteiger charge is -2.23. The Morgan fingerprint density at radius 2 is 1.21 bits per heavy atom. The smallest absolute Gasteiger partial charge is 0.146 e. The van der Waals surface area contributed by atoms with Crippen molar-refractivity contribution in [1.82, 2.24) is 0 Å². The fourth-order valence-corrected chi connectivity index (χ4v) is 2.46. The van der Waals surface area contributed by atoms with Crippen LogP contribution in [0.2, 0.25) is 0 Å². The minimum absolute atomic E-state index is 0.0580. The SMILES string of the molecule is COCO[C@@H](CI)[C@H](CI)OCOC. The van der Waals surface area contributed by atoms with E-state index in [4.69, 9.17) is 18.9 Å². The summed E-state index contributed by atoms with van der Waals surface area (Å²) >= 11 is 4.55. The molecule has 0 unspecified atom stereocenters. The maximum atomic E-state index is 5.48. The van der Waals surface area contributed by atoms with Crippen LogP contribution in [0, 0.1) is 0 Å². The molecule has 0 spiro atoms. The maximum absolute atomic E-state index is 5.48. The molecule has 0 fully saturated rings. The molecule has 0 aromatic heterocycles. The Morgan fingerprint density at radius 1 is 0.857 bits per heavy atom. The van der Waals surface area contributed by atoms with E-state index in [1.165, 1.54) is 0 Å². The second-order valence-electron chi connectivity index (χ2n) is 2.53. The van der Waals surface area contributed by atoms with Crippen molar-refractivity contribution in [1.29, 1.82) is 0 Å². The summed E-state index contributed by atoms with van der Waals surface area (Å²) in [6.07, 6.45) is 0.116. The number of hydrogen-bond acceptors (Lipinski definition) is 4. The summed E-state index contributed by atoms with van der Waals surface area (Å²) in [5, 5.41) is 0. The molecule has 0 N–H and O–H groups in total. The third-order valence-electron chi connectivity index (χ3n) is 1.52. The van der Waals surface area contributed by atoms with Gasteiger partial charge >= 0.3 is 0 Å². The molecule has 0 amide bonds. The number of halogens is 2. The van der Waals surface area contributed by atoms with Gasteiger partial charge in [0.1, 0.15) is 13.6 Å². The summed E-state index contributed by atoms with van der Waals surface area (Å²) in [6, 6.07) is 0. The lowest BCUT2D eigenvalue weighted by atomic mass is 10.2. The van der Waals surface area contributed by atoms with Crippen LogP contribution in [-0.4, -0.2) is 48.9 Å². The van der Waals surface area contributed by atoms with Gasteiger partial charge in [-0.25, -0.2) is 0 Å². The van der Waals surface area contributed by atoms with Crippen molar-refractivity contribution < 1.29 is 18.9 Å². The normalized spacial score (nSPS) is 15.4. The Labute approximate surface area is 112 Å². The molecule has 0 radical (unpaired) electrons. The molecule has 0 saturated carbocycles. The average Bonchev–Trinajstić information content (AvgIpc) is 2.23. The molecular weight excluding hydrogens is 414 g/mol. The summed E-state index contributed by atoms with van der Waals surface area (Å²) in [4.78, 5) is 0. The first-order valence-electron chi connectivity index (χ1n) is 4.13. The molecule has 0 saturated heterocycles. The highest BCUT2D eigenvalue weighted by atomic mass is 127. The lowest BCUT2D eigenvalue weighted by molar-refractivity contribution is -0.141. The average molecular weight is 430 g/mol. The van der Waals surface area contributed by atoms with Gasteiger partial charge in [0, 0.05) is 23.1 Å². The number of methoxy groups -OCH3 is 2. The molecule has 0 aromatic carbocycles. The van der Waals surface area contributed by atoms with Gasteiger partial charge in [0.25, 0.3) is 0 Å². The minimum atomic E-state index is 0.0580. The van der Waals surface area contributed by atoms with Gasteiger partial charge in [-0.15, -0.1) is 0 Å². The van der Waals surface area contributed by atoms with Crippen LogP contribution in [0.5, 0.6) is 0 Å². The summed E-state index contributed by atoms with van der Waals surface area (Å²) < 4.78 is 22.4. The van der Waals surface area contributed by atoms with Gasteiger partial charge in [-0.1, -0.05) is 45.2 Å². The number of rotatable bonds is 9. The van der Waals surface area contributed by atoms with Gasteiger partial charge < -0.3 is 18.9 Å². The van der Waals surface area contributed by atoms with Gasteiger partial charge in [0.15, 0.2) is 0 Å². The zero-order valence-electron chi connectivity index (χ0n) is 8.37. The van der Waals surface area contributed by atoms with Crippen LogP contribution in [-0.2, 0) is 18.9 Å². The van der Waals surface area contributed by atoms with Crippen molar-refractivity contribution in [3.8, 4) is 0 Å². The third kappa shape index (κ3) is 6.72. The molecular formula is C8H16I2O4. The topological polar surface area (TPSA) is 36.9 Å². The van der Waals surface area contributed by atoms with Gasteiger partial charge in [0.2, 0.25) is 0 Å². The minimum Gasteiger partial charge on any atom is -0.359 e. The van der Waals surface area contributed by atoms with Crippen LogP contribution in [0.15, 0.2) is 0 Å². The Balaban J connectivity index is 3.87. The standard InChI is InChI=1S/C8H16I2O4/c1-11-5-13-7(3-9)8(4-10)14-6-12-2/h7-8H,3-6H2,1-2H3/t7-,8-/m0/s1. The van der Waals surface area contributed by atoms with E-state index in [1.54, 1.807) is 14.2 Å². The molecule has 0 aromatic rings. The number of alkyl halides is 2. The van der Waals surface area contributed by atoms with E-state index in [0.29, 0.717) is 13.6 Å². The zero-order chi connectivity index (χ0) is 10.8. The van der Waals surface area contributed by atoms with Crippen LogP contribution in [0.1, 0.15) is 0 Å². The monoisotopic (exact) mass is 430 g/mol. The largest absolute Gasteiger partial charge is 0.359 e. The van der Waals surface area contributed by atoms with E-state index in [1.807, 2.05) is 0 Å². The summed E-state index contributed by atoms with van der Waals surface area (Å²) in [7, 11) is 3.22. The highest BCUT2D eigenvalue weighted by Gasteiger charge is 2.20. The predicted molar refractivity (Wildman–Crippen MR) is 71.3 cm³/mol. The van der Waals surface area contributed by atoms with Gasteiger partial charge in [-0.2, -0.15) is 0 Å². The van der Waals surface area contributed by atoms with E-state index < -0.39 is 0 Å². The molecule has 0 rings (SSSR count). The highest BCUT2D eigenvalue weighted by Crippen LogP contribution is 2.11. The van der Waals surface area contributed by atoms with Crippen LogP contribution in [0.25, 0.3) is 0 Å². The summed E-state index contributed by atoms with van der Waals surface area (Å²) in [6.45, 7) is 0.605. The van der Waals surface area contributed by atoms with E-state index >= 15 is 0 Å². The first-order valence-corrected chi connectivity index (χ1v) is 7.18. The van der Waals surface area contributed by atoms with E-state index in [9.17, 15) is 0 Å². The quantitative estimate of drug-likeness (QED) is 0.318. The van der Waals surface area contributed by atoms with Crippen molar-refractivity contribution >= 4 is 45.2 Å². The first kappa shape index (κ1) is 15.3. The van der Waals surface area contributed by atoms with Crippen LogP contribution in [0.3, 0.4) is 0 Å². The van der Waals surface area contributed by atoms with Crippen molar-refractivity contribution in [3.63, 3.8) is 0 Å². The van der Waals surface area contributed by atoms with Crippen LogP contribution < -0.4 is 0 Å². The van der Waals surface area contributed by atoms with E-state index in [-0.39, 0.29) is 12.2 Å². The molecule has 86 valence electrons. The third-order valence-corrected chi connectivity index (χ3v) is 3.25. The molecule has 0 aliphatic rings. The fraction of sp³-hybridized carbons (Fsp3) is 1.00. The lowest BCUT2D eigenvalue weighted by Crippen LogP contribution is -2.35. The fourth-order valence-electron chi connectivity index (χ4n) is 0.813. The van der Waals surface area contributed by atoms with Crippen LogP contribution in [0.4, 0.5) is 0 Å². The molecule has 6 heteroatoms. The van der Waals surface area contributed by atoms with Crippen molar-refractivity contribution in [2.75, 3.05) is 36.7 Å². The summed E-state index contributed by atoms with van der Waals surface area (Å²) in [5.41, 5.74) is 0. The molecule has 0 bridgehead atoms. The number of ether oxygens (including phenoxy) is 4. The Morgan fingerprint density at radius 3 is 1.43 bits per heavy atom. The first-order chi connectivity index (χ1) is 6.79. The molecule has 4 nitrogen and oxygen atoms in total. The maximum Gasteiger partial charge on any atom is 0.146 e. The Bertz CT molecular complexity index is 112. The highest BCUT2D eigenvalue weighted by molar-refractivity contribution is 14.1. The van der Waals surface area contributed by atoms with Crippen molar-refractivity contribution in [2.24, 2.45) is 0 Å². The summed E-state index contributed by atoms with van der Waals surface area (Å²) in [5.74, 6) is 0. The zero-order valence-corrected chi connectivity index (χ0v) is 12.7. The second kappa shape index (κ2) is 10.8. The Hall–Kier alpha value is 1.30. The van der Waals surface area contributed by atoms with E-state index in [0.717, 1.165) is 8.86 Å². The molecule has 0 heterocycles. The van der Waals surface area contributed by atoms with Gasteiger partial charge in [-0.05, 0) is 0 Å². The van der Waals surface area contributed by atoms with Gasteiger partial charge in [-0.3, -0.25) is 0 Å². The van der Waals surface area contributed by atoms with Gasteiger partial charge in [0.05, 0.1) is 12.2 Å². The Kier molecular flexibility index (Phi) is 11.8. The van der Waals surface area contributed by atoms with Crippen molar-refractivity contribution in [2.45, 2.75) is 12.2 Å². The molecule has 0 aliphatic carbocycles. The number of hydrogen-bond donors (Lipinski definition) is 0.